The Morgan fingerprint density at radius 3 is 2.52 bits per heavy atom. The fraction of sp³-hybridized carbons (Fsp3) is 0.333. The quantitative estimate of drug-likeness (QED) is 0.486. The number of halogens is 4. The van der Waals surface area contributed by atoms with Gasteiger partial charge in [-0.3, -0.25) is 0 Å². The summed E-state index contributed by atoms with van der Waals surface area (Å²) >= 11 is 0. The molecular formula is C21H21F4N3O2S. The molecule has 0 aliphatic rings. The molecule has 3 rings (SSSR count). The molecule has 166 valence electrons. The molecule has 0 amide bonds. The number of aromatic nitrogens is 2. The Morgan fingerprint density at radius 1 is 1.16 bits per heavy atom. The fourth-order valence-electron chi connectivity index (χ4n) is 3.11. The number of benzene rings is 2. The van der Waals surface area contributed by atoms with Gasteiger partial charge in [-0.25, -0.2) is 18.6 Å². The number of fused-ring (bicyclic) bond motifs is 1. The van der Waals surface area contributed by atoms with E-state index in [-0.39, 0.29) is 12.2 Å². The van der Waals surface area contributed by atoms with Gasteiger partial charge in [0.1, 0.15) is 17.9 Å². The first-order chi connectivity index (χ1) is 14.3. The minimum absolute atomic E-state index is 0.106. The summed E-state index contributed by atoms with van der Waals surface area (Å²) in [5.41, 5.74) is 2.73. The highest BCUT2D eigenvalue weighted by atomic mass is 32.2. The molecule has 0 aliphatic carbocycles. The Kier molecular flexibility index (Phi) is 6.22. The van der Waals surface area contributed by atoms with E-state index in [0.29, 0.717) is 27.8 Å². The zero-order valence-electron chi connectivity index (χ0n) is 17.3. The lowest BCUT2D eigenvalue weighted by Gasteiger charge is -2.20. The predicted octanol–water partition coefficient (Wildman–Crippen LogP) is 5.36. The highest BCUT2D eigenvalue weighted by Gasteiger charge is 2.38. The number of hydrogen-bond acceptors (Lipinski definition) is 5. The summed E-state index contributed by atoms with van der Waals surface area (Å²) in [6.45, 7) is 2.68. The molecule has 0 saturated heterocycles. The lowest BCUT2D eigenvalue weighted by atomic mass is 10.0. The molecule has 0 N–H and O–H groups in total. The Morgan fingerprint density at radius 2 is 1.87 bits per heavy atom. The van der Waals surface area contributed by atoms with E-state index in [0.717, 1.165) is 24.6 Å². The lowest BCUT2D eigenvalue weighted by molar-refractivity contribution is -0.189. The summed E-state index contributed by atoms with van der Waals surface area (Å²) in [5, 5.41) is 0.694. The van der Waals surface area contributed by atoms with Crippen molar-refractivity contribution in [3.8, 4) is 5.75 Å². The first-order valence-electron chi connectivity index (χ1n) is 9.26. The molecule has 0 fully saturated rings. The van der Waals surface area contributed by atoms with E-state index >= 15 is 0 Å². The van der Waals surface area contributed by atoms with Crippen molar-refractivity contribution in [3.05, 3.63) is 59.3 Å². The molecule has 2 aromatic carbocycles. The molecule has 10 heteroatoms. The maximum Gasteiger partial charge on any atom is 0.425 e. The van der Waals surface area contributed by atoms with Gasteiger partial charge in [-0.15, -0.1) is 0 Å². The first kappa shape index (κ1) is 22.9. The topological polar surface area (TPSA) is 64.4 Å². The SMILES string of the molecule is Cc1cc(N=S(C)(C)=O)cc2ncnc(Cc3ccc(F)cc3O[C@H](C)C(F)(F)F)c12. The second kappa shape index (κ2) is 8.41. The second-order valence-corrected chi connectivity index (χ2v) is 10.0. The molecule has 1 heterocycles. The Balaban J connectivity index is 2.06. The minimum Gasteiger partial charge on any atom is -0.481 e. The second-order valence-electron chi connectivity index (χ2n) is 7.48. The Bertz CT molecular complexity index is 1240. The van der Waals surface area contributed by atoms with Crippen molar-refractivity contribution < 1.29 is 26.5 Å². The average molecular weight is 455 g/mol. The van der Waals surface area contributed by atoms with Crippen molar-refractivity contribution in [2.24, 2.45) is 4.36 Å². The van der Waals surface area contributed by atoms with E-state index in [9.17, 15) is 21.8 Å². The van der Waals surface area contributed by atoms with Gasteiger partial charge in [0.2, 0.25) is 0 Å². The predicted molar refractivity (Wildman–Crippen MR) is 112 cm³/mol. The maximum atomic E-state index is 13.7. The molecule has 0 bridgehead atoms. The smallest absolute Gasteiger partial charge is 0.425 e. The summed E-state index contributed by atoms with van der Waals surface area (Å²) in [4.78, 5) is 8.54. The van der Waals surface area contributed by atoms with Gasteiger partial charge in [0.15, 0.2) is 6.10 Å². The van der Waals surface area contributed by atoms with Gasteiger partial charge < -0.3 is 4.74 Å². The molecule has 0 spiro atoms. The molecule has 5 nitrogen and oxygen atoms in total. The molecule has 1 atom stereocenters. The van der Waals surface area contributed by atoms with E-state index < -0.39 is 27.8 Å². The van der Waals surface area contributed by atoms with Crippen molar-refractivity contribution in [2.45, 2.75) is 32.5 Å². The van der Waals surface area contributed by atoms with Gasteiger partial charge in [-0.2, -0.15) is 17.5 Å². The molecule has 0 unspecified atom stereocenters. The highest BCUT2D eigenvalue weighted by molar-refractivity contribution is 7.92. The summed E-state index contributed by atoms with van der Waals surface area (Å²) in [5.74, 6) is -0.900. The number of alkyl halides is 3. The van der Waals surface area contributed by atoms with Gasteiger partial charge in [0.25, 0.3) is 0 Å². The number of rotatable bonds is 5. The molecule has 3 aromatic rings. The number of nitrogens with zero attached hydrogens (tertiary/aromatic N) is 3. The van der Waals surface area contributed by atoms with Gasteiger partial charge in [0.05, 0.1) is 16.9 Å². The van der Waals surface area contributed by atoms with Crippen LogP contribution in [-0.4, -0.2) is 39.0 Å². The van der Waals surface area contributed by atoms with Crippen molar-refractivity contribution >= 4 is 26.3 Å². The minimum atomic E-state index is -4.58. The van der Waals surface area contributed by atoms with E-state index in [2.05, 4.69) is 14.3 Å². The van der Waals surface area contributed by atoms with Crippen LogP contribution in [0.4, 0.5) is 23.2 Å². The van der Waals surface area contributed by atoms with Crippen LogP contribution in [0, 0.1) is 12.7 Å². The van der Waals surface area contributed by atoms with E-state index in [1.807, 2.05) is 6.92 Å². The van der Waals surface area contributed by atoms with Crippen LogP contribution in [0.3, 0.4) is 0 Å². The van der Waals surface area contributed by atoms with Crippen LogP contribution in [0.15, 0.2) is 41.0 Å². The van der Waals surface area contributed by atoms with Crippen LogP contribution in [0.2, 0.25) is 0 Å². The van der Waals surface area contributed by atoms with Gasteiger partial charge >= 0.3 is 6.18 Å². The Hall–Kier alpha value is -2.75. The molecule has 1 aromatic heterocycles. The van der Waals surface area contributed by atoms with Crippen LogP contribution in [0.5, 0.6) is 5.75 Å². The Labute approximate surface area is 177 Å². The van der Waals surface area contributed by atoms with Gasteiger partial charge in [0, 0.05) is 45.7 Å². The third-order valence-electron chi connectivity index (χ3n) is 4.48. The number of hydrogen-bond donors (Lipinski definition) is 0. The van der Waals surface area contributed by atoms with E-state index in [1.54, 1.807) is 12.1 Å². The fourth-order valence-corrected chi connectivity index (χ4v) is 3.73. The number of aryl methyl sites for hydroxylation is 1. The normalized spacial score (nSPS) is 13.3. The van der Waals surface area contributed by atoms with Crippen LogP contribution < -0.4 is 4.74 Å². The zero-order chi connectivity index (χ0) is 23.0. The highest BCUT2D eigenvalue weighted by Crippen LogP contribution is 2.32. The average Bonchev–Trinajstić information content (AvgIpc) is 2.61. The monoisotopic (exact) mass is 455 g/mol. The van der Waals surface area contributed by atoms with Crippen molar-refractivity contribution in [1.82, 2.24) is 9.97 Å². The van der Waals surface area contributed by atoms with Crippen molar-refractivity contribution in [1.29, 1.82) is 0 Å². The molecular weight excluding hydrogens is 434 g/mol. The van der Waals surface area contributed by atoms with Crippen LogP contribution in [0.1, 0.15) is 23.7 Å². The van der Waals surface area contributed by atoms with Gasteiger partial charge in [-0.05, 0) is 37.6 Å². The molecule has 0 radical (unpaired) electrons. The number of ether oxygens (including phenoxy) is 1. The van der Waals surface area contributed by atoms with E-state index in [1.165, 1.54) is 24.9 Å². The van der Waals surface area contributed by atoms with Crippen LogP contribution in [0.25, 0.3) is 10.9 Å². The van der Waals surface area contributed by atoms with Crippen molar-refractivity contribution in [3.63, 3.8) is 0 Å². The molecule has 31 heavy (non-hydrogen) atoms. The van der Waals surface area contributed by atoms with Crippen molar-refractivity contribution in [2.75, 3.05) is 12.5 Å². The largest absolute Gasteiger partial charge is 0.481 e. The standard InChI is InChI=1S/C21H21F4N3O2S/c1-12-7-16(28-31(3,4)29)10-18-20(12)17(26-11-27-18)8-14-5-6-15(22)9-19(14)30-13(2)21(23,24)25/h5-7,9-11,13H,8H2,1-4H3/t13-/m1/s1. The summed E-state index contributed by atoms with van der Waals surface area (Å²) < 4.78 is 73.8. The third-order valence-corrected chi connectivity index (χ3v) is 5.13. The van der Waals surface area contributed by atoms with Crippen LogP contribution >= 0.6 is 0 Å². The molecule has 0 aliphatic heterocycles. The van der Waals surface area contributed by atoms with Gasteiger partial charge in [-0.1, -0.05) is 6.07 Å². The lowest BCUT2D eigenvalue weighted by Crippen LogP contribution is -2.31. The maximum absolute atomic E-state index is 13.7. The van der Waals surface area contributed by atoms with Crippen LogP contribution in [-0.2, 0) is 16.1 Å². The summed E-state index contributed by atoms with van der Waals surface area (Å²) in [7, 11) is -2.37. The molecule has 0 saturated carbocycles. The van der Waals surface area contributed by atoms with E-state index in [4.69, 9.17) is 4.74 Å². The summed E-state index contributed by atoms with van der Waals surface area (Å²) in [6, 6.07) is 6.89. The summed E-state index contributed by atoms with van der Waals surface area (Å²) in [6.07, 6.45) is -2.20. The third kappa shape index (κ3) is 5.69. The first-order valence-corrected chi connectivity index (χ1v) is 11.6. The zero-order valence-corrected chi connectivity index (χ0v) is 18.1.